The van der Waals surface area contributed by atoms with Gasteiger partial charge in [0.05, 0.1) is 16.6 Å². The van der Waals surface area contributed by atoms with Crippen molar-refractivity contribution in [3.8, 4) is 5.69 Å². The molecule has 4 nitrogen and oxygen atoms in total. The highest BCUT2D eigenvalue weighted by atomic mass is 32.2. The van der Waals surface area contributed by atoms with E-state index in [9.17, 15) is 4.79 Å². The van der Waals surface area contributed by atoms with Crippen LogP contribution in [0.3, 0.4) is 0 Å². The van der Waals surface area contributed by atoms with Crippen LogP contribution in [0.1, 0.15) is 35.2 Å². The van der Waals surface area contributed by atoms with Crippen molar-refractivity contribution in [1.29, 1.82) is 0 Å². The highest BCUT2D eigenvalue weighted by Gasteiger charge is 2.35. The van der Waals surface area contributed by atoms with Crippen LogP contribution in [-0.2, 0) is 16.1 Å². The Bertz CT molecular complexity index is 981. The number of thioether (sulfide) groups is 1. The lowest BCUT2D eigenvalue weighted by molar-refractivity contribution is -0.147. The molecule has 0 N–H and O–H groups in total. The Hall–Kier alpha value is -2.50. The topological polar surface area (TPSA) is 34.5 Å². The molecule has 0 spiro atoms. The molecule has 1 aliphatic rings. The van der Waals surface area contributed by atoms with E-state index < -0.39 is 0 Å². The fourth-order valence-corrected chi connectivity index (χ4v) is 5.06. The third kappa shape index (κ3) is 3.60. The number of benzene rings is 2. The zero-order valence-corrected chi connectivity index (χ0v) is 17.1. The lowest BCUT2D eigenvalue weighted by atomic mass is 10.0. The maximum atomic E-state index is 12.0. The highest BCUT2D eigenvalue weighted by Crippen LogP contribution is 2.51. The van der Waals surface area contributed by atoms with Crippen molar-refractivity contribution in [2.75, 3.05) is 14.1 Å². The molecule has 144 valence electrons. The molecular formula is C23H24N2O2S. The van der Waals surface area contributed by atoms with Crippen LogP contribution in [0.4, 0.5) is 0 Å². The van der Waals surface area contributed by atoms with E-state index in [-0.39, 0.29) is 17.3 Å². The Morgan fingerprint density at radius 2 is 1.75 bits per heavy atom. The van der Waals surface area contributed by atoms with Crippen LogP contribution in [0.25, 0.3) is 5.69 Å². The van der Waals surface area contributed by atoms with Crippen LogP contribution in [-0.4, -0.2) is 29.5 Å². The average molecular weight is 393 g/mol. The van der Waals surface area contributed by atoms with E-state index in [2.05, 4.69) is 72.1 Å². The van der Waals surface area contributed by atoms with Crippen LogP contribution in [0.15, 0.2) is 71.6 Å². The number of fused-ring (bicyclic) bond motifs is 3. The van der Waals surface area contributed by atoms with Crippen LogP contribution < -0.4 is 0 Å². The molecule has 0 saturated heterocycles. The van der Waals surface area contributed by atoms with Gasteiger partial charge in [0.2, 0.25) is 0 Å². The van der Waals surface area contributed by atoms with Crippen molar-refractivity contribution in [3.63, 3.8) is 0 Å². The van der Waals surface area contributed by atoms with Crippen LogP contribution in [0, 0.1) is 0 Å². The van der Waals surface area contributed by atoms with Gasteiger partial charge < -0.3 is 14.2 Å². The summed E-state index contributed by atoms with van der Waals surface area (Å²) in [7, 11) is 4.13. The van der Waals surface area contributed by atoms with Crippen LogP contribution >= 0.6 is 11.8 Å². The van der Waals surface area contributed by atoms with Gasteiger partial charge in [-0.1, -0.05) is 42.5 Å². The molecule has 28 heavy (non-hydrogen) atoms. The maximum Gasteiger partial charge on any atom is 0.303 e. The molecule has 0 aliphatic carbocycles. The average Bonchev–Trinajstić information content (AvgIpc) is 3.01. The van der Waals surface area contributed by atoms with E-state index in [0.29, 0.717) is 0 Å². The Balaban J connectivity index is 1.93. The highest BCUT2D eigenvalue weighted by molar-refractivity contribution is 7.99. The van der Waals surface area contributed by atoms with E-state index in [0.717, 1.165) is 23.5 Å². The first-order valence-corrected chi connectivity index (χ1v) is 10.3. The summed E-state index contributed by atoms with van der Waals surface area (Å²) < 4.78 is 8.18. The lowest BCUT2D eigenvalue weighted by Gasteiger charge is -2.25. The van der Waals surface area contributed by atoms with Gasteiger partial charge in [0.25, 0.3) is 0 Å². The molecule has 1 aliphatic heterocycles. The summed E-state index contributed by atoms with van der Waals surface area (Å²) in [6.07, 6.45) is -0.367. The third-order valence-electron chi connectivity index (χ3n) is 4.82. The zero-order chi connectivity index (χ0) is 19.7. The summed E-state index contributed by atoms with van der Waals surface area (Å²) >= 11 is 1.76. The van der Waals surface area contributed by atoms with Crippen molar-refractivity contribution < 1.29 is 9.53 Å². The number of carbonyl (C=O) groups is 1. The number of carbonyl (C=O) groups excluding carboxylic acids is 1. The minimum Gasteiger partial charge on any atom is -0.455 e. The number of para-hydroxylation sites is 1. The Kier molecular flexibility index (Phi) is 5.29. The van der Waals surface area contributed by atoms with Crippen molar-refractivity contribution in [2.24, 2.45) is 0 Å². The fourth-order valence-electron chi connectivity index (χ4n) is 3.74. The molecule has 0 bridgehead atoms. The molecule has 0 fully saturated rings. The Morgan fingerprint density at radius 1 is 1.04 bits per heavy atom. The van der Waals surface area contributed by atoms with E-state index in [1.807, 2.05) is 18.2 Å². The zero-order valence-electron chi connectivity index (χ0n) is 16.3. The van der Waals surface area contributed by atoms with Gasteiger partial charge in [-0.15, -0.1) is 11.8 Å². The molecule has 2 aromatic carbocycles. The second-order valence-corrected chi connectivity index (χ2v) is 8.45. The van der Waals surface area contributed by atoms with Gasteiger partial charge in [0.1, 0.15) is 0 Å². The predicted molar refractivity (Wildman–Crippen MR) is 113 cm³/mol. The first-order valence-electron chi connectivity index (χ1n) is 9.38. The smallest absolute Gasteiger partial charge is 0.303 e. The Labute approximate surface area is 170 Å². The van der Waals surface area contributed by atoms with Crippen LogP contribution in [0.2, 0.25) is 0 Å². The van der Waals surface area contributed by atoms with E-state index in [1.54, 1.807) is 11.8 Å². The summed E-state index contributed by atoms with van der Waals surface area (Å²) in [6, 6.07) is 23.0. The van der Waals surface area contributed by atoms with Crippen LogP contribution in [0.5, 0.6) is 0 Å². The quantitative estimate of drug-likeness (QED) is 0.586. The molecule has 0 unspecified atom stereocenters. The predicted octanol–water partition coefficient (Wildman–Crippen LogP) is 4.99. The minimum absolute atomic E-state index is 0.0189. The second kappa shape index (κ2) is 7.86. The molecule has 4 rings (SSSR count). The minimum atomic E-state index is -0.367. The van der Waals surface area contributed by atoms with Crippen molar-refractivity contribution in [3.05, 3.63) is 83.7 Å². The van der Waals surface area contributed by atoms with Gasteiger partial charge in [-0.3, -0.25) is 4.79 Å². The summed E-state index contributed by atoms with van der Waals surface area (Å²) in [4.78, 5) is 15.4. The lowest BCUT2D eigenvalue weighted by Crippen LogP contribution is -2.19. The summed E-state index contributed by atoms with van der Waals surface area (Å²) in [6.45, 7) is 2.29. The van der Waals surface area contributed by atoms with E-state index in [1.165, 1.54) is 17.5 Å². The van der Waals surface area contributed by atoms with Gasteiger partial charge in [-0.2, -0.15) is 0 Å². The van der Waals surface area contributed by atoms with Gasteiger partial charge in [-0.25, -0.2) is 0 Å². The monoisotopic (exact) mass is 392 g/mol. The van der Waals surface area contributed by atoms with Gasteiger partial charge in [0, 0.05) is 24.1 Å². The molecule has 5 heteroatoms. The van der Waals surface area contributed by atoms with Crippen molar-refractivity contribution in [1.82, 2.24) is 9.47 Å². The normalized spacial score (nSPS) is 18.3. The molecular weight excluding hydrogens is 368 g/mol. The summed E-state index contributed by atoms with van der Waals surface area (Å²) in [5.74, 6) is -0.264. The molecule has 0 amide bonds. The first-order chi connectivity index (χ1) is 13.5. The van der Waals surface area contributed by atoms with Crippen molar-refractivity contribution in [2.45, 2.75) is 29.7 Å². The maximum absolute atomic E-state index is 12.0. The number of hydrogen-bond donors (Lipinski definition) is 0. The number of ether oxygens (including phenoxy) is 1. The standard InChI is InChI=1S/C23H24N2O2S/c1-16(26)27-22-20-14-13-18(15-24(2)3)25(20)19-11-7-8-12-21(19)28-23(22)17-9-5-4-6-10-17/h4-14,22-23H,15H2,1-3H3/t22-,23-/m0/s1. The van der Waals surface area contributed by atoms with Gasteiger partial charge in [-0.05, 0) is 43.9 Å². The molecule has 1 aromatic heterocycles. The number of aromatic nitrogens is 1. The SMILES string of the molecule is CC(=O)O[C@H]1c2ccc(CN(C)C)n2-c2ccccc2S[C@H]1c1ccccc1. The number of hydrogen-bond acceptors (Lipinski definition) is 4. The molecule has 3 aromatic rings. The Morgan fingerprint density at radius 3 is 2.46 bits per heavy atom. The first kappa shape index (κ1) is 18.8. The van der Waals surface area contributed by atoms with Gasteiger partial charge >= 0.3 is 5.97 Å². The van der Waals surface area contributed by atoms with E-state index in [4.69, 9.17) is 4.74 Å². The fraction of sp³-hybridized carbons (Fsp3) is 0.261. The molecule has 0 radical (unpaired) electrons. The molecule has 2 atom stereocenters. The summed E-state index contributed by atoms with van der Waals surface area (Å²) in [5.41, 5.74) is 4.48. The largest absolute Gasteiger partial charge is 0.455 e. The third-order valence-corrected chi connectivity index (χ3v) is 6.19. The number of rotatable bonds is 4. The number of nitrogens with zero attached hydrogens (tertiary/aromatic N) is 2. The molecule has 0 saturated carbocycles. The van der Waals surface area contributed by atoms with Crippen molar-refractivity contribution >= 4 is 17.7 Å². The molecule has 2 heterocycles. The number of esters is 1. The van der Waals surface area contributed by atoms with E-state index >= 15 is 0 Å². The summed E-state index contributed by atoms with van der Waals surface area (Å²) in [5, 5.41) is -0.0189. The van der Waals surface area contributed by atoms with Gasteiger partial charge in [0.15, 0.2) is 6.10 Å². The second-order valence-electron chi connectivity index (χ2n) is 7.27.